The molecule has 0 unspecified atom stereocenters. The van der Waals surface area contributed by atoms with Gasteiger partial charge in [0.25, 0.3) is 5.69 Å². The van der Waals surface area contributed by atoms with Crippen molar-refractivity contribution in [3.63, 3.8) is 0 Å². The molecule has 0 radical (unpaired) electrons. The number of amides is 1. The predicted molar refractivity (Wildman–Crippen MR) is 196 cm³/mol. The molecular weight excluding hydrogens is 770 g/mol. The van der Waals surface area contributed by atoms with Crippen LogP contribution in [-0.2, 0) is 32.0 Å². The van der Waals surface area contributed by atoms with Gasteiger partial charge >= 0.3 is 6.09 Å². The molecule has 10 N–H and O–H groups in total. The summed E-state index contributed by atoms with van der Waals surface area (Å²) in [7, 11) is 1.32. The van der Waals surface area contributed by atoms with Crippen LogP contribution in [0.15, 0.2) is 36.4 Å². The fourth-order valence-electron chi connectivity index (χ4n) is 7.06. The minimum atomic E-state index is -2.24. The summed E-state index contributed by atoms with van der Waals surface area (Å²) in [5.74, 6) is -3.55. The number of rotatable bonds is 12. The number of hydrogen-bond acceptors (Lipinski definition) is 18. The number of aromatic hydroxyl groups is 2. The molecule has 1 fully saturated rings. The van der Waals surface area contributed by atoms with Gasteiger partial charge < -0.3 is 65.8 Å². The van der Waals surface area contributed by atoms with Crippen molar-refractivity contribution in [1.82, 2.24) is 0 Å². The molecule has 312 valence electrons. The summed E-state index contributed by atoms with van der Waals surface area (Å²) in [6, 6.07) is 7.57. The summed E-state index contributed by atoms with van der Waals surface area (Å²) in [6.07, 6.45) is -5.68. The molecule has 0 spiro atoms. The van der Waals surface area contributed by atoms with Crippen molar-refractivity contribution >= 4 is 29.1 Å². The van der Waals surface area contributed by atoms with Crippen molar-refractivity contribution in [1.29, 1.82) is 0 Å². The highest BCUT2D eigenvalue weighted by Gasteiger charge is 2.50. The number of Topliss-reactive ketones (excluding diaryl/α,β-unsaturated/α-hetero) is 1. The largest absolute Gasteiger partial charge is 0.507 e. The number of nitro groups is 1. The van der Waals surface area contributed by atoms with Gasteiger partial charge in [0.15, 0.2) is 17.9 Å². The number of methoxy groups -OCH3 is 1. The van der Waals surface area contributed by atoms with E-state index in [4.69, 9.17) is 35.5 Å². The number of phenolic OH excluding ortho intramolecular Hbond substituents is 2. The first-order valence-electron chi connectivity index (χ1n) is 17.9. The quantitative estimate of drug-likeness (QED) is 0.0427. The second kappa shape index (κ2) is 17.8. The molecule has 3 aliphatic rings. The van der Waals surface area contributed by atoms with E-state index in [1.165, 1.54) is 43.5 Å². The van der Waals surface area contributed by atoms with Crippen LogP contribution in [0.5, 0.6) is 23.0 Å². The van der Waals surface area contributed by atoms with E-state index in [0.29, 0.717) is 12.0 Å². The predicted octanol–water partition coefficient (Wildman–Crippen LogP) is 0.953. The smallest absolute Gasteiger partial charge is 0.404 e. The number of nitro benzene ring substituents is 1. The van der Waals surface area contributed by atoms with Crippen molar-refractivity contribution in [2.75, 3.05) is 26.9 Å². The molecule has 20 nitrogen and oxygen atoms in total. The number of primary amides is 1. The van der Waals surface area contributed by atoms with Crippen molar-refractivity contribution < 1.29 is 78.4 Å². The molecule has 1 saturated heterocycles. The SMILES string of the molecule is COc1cccc2c1C(=O)c1c(O)c3c(c(O)c1C2=O)C[C@@](O)(C(=O)CO)C[C@@H]3O[C@H]1C[C@H](N)[C@H](O)[C@H](C)O1.NC(=O)OCc1ccc([N+](=O)[O-])cc1OCCCO. The van der Waals surface area contributed by atoms with Gasteiger partial charge in [-0.3, -0.25) is 24.5 Å². The third-order valence-electron chi connectivity index (χ3n) is 10.00. The number of hydrogen-bond donors (Lipinski definition) is 8. The van der Waals surface area contributed by atoms with Crippen LogP contribution in [0.25, 0.3) is 0 Å². The number of non-ortho nitro benzene ring substituents is 1. The second-order valence-corrected chi connectivity index (χ2v) is 13.7. The van der Waals surface area contributed by atoms with E-state index in [9.17, 15) is 54.8 Å². The van der Waals surface area contributed by atoms with Crippen LogP contribution in [0.2, 0.25) is 0 Å². The minimum absolute atomic E-state index is 0.0173. The number of carbonyl (C=O) groups excluding carboxylic acids is 4. The van der Waals surface area contributed by atoms with Crippen LogP contribution in [0.4, 0.5) is 10.5 Å². The number of ether oxygens (including phenoxy) is 5. The normalized spacial score (nSPS) is 23.3. The van der Waals surface area contributed by atoms with Crippen LogP contribution in [0.3, 0.4) is 0 Å². The maximum Gasteiger partial charge on any atom is 0.404 e. The highest BCUT2D eigenvalue weighted by molar-refractivity contribution is 6.31. The Morgan fingerprint density at radius 3 is 2.38 bits per heavy atom. The molecule has 58 heavy (non-hydrogen) atoms. The highest BCUT2D eigenvalue weighted by Crippen LogP contribution is 2.52. The zero-order chi connectivity index (χ0) is 42.6. The summed E-state index contributed by atoms with van der Waals surface area (Å²) >= 11 is 0. The Labute approximate surface area is 329 Å². The molecule has 1 heterocycles. The fraction of sp³-hybridized carbons (Fsp3) is 0.421. The van der Waals surface area contributed by atoms with E-state index in [1.54, 1.807) is 6.92 Å². The molecule has 6 atom stereocenters. The maximum atomic E-state index is 13.6. The number of ketones is 3. The molecule has 6 rings (SSSR count). The number of benzene rings is 3. The molecule has 2 aliphatic carbocycles. The lowest BCUT2D eigenvalue weighted by atomic mass is 9.72. The van der Waals surface area contributed by atoms with Crippen LogP contribution >= 0.6 is 0 Å². The topological polar surface area (TPSA) is 331 Å². The van der Waals surface area contributed by atoms with Gasteiger partial charge in [-0.15, -0.1) is 0 Å². The van der Waals surface area contributed by atoms with E-state index in [1.807, 2.05) is 0 Å². The van der Waals surface area contributed by atoms with Crippen molar-refractivity contribution in [3.05, 3.63) is 85.5 Å². The lowest BCUT2D eigenvalue weighted by Crippen LogP contribution is -2.53. The number of nitrogens with zero attached hydrogens (tertiary/aromatic N) is 1. The number of aliphatic hydroxyl groups is 4. The first-order chi connectivity index (χ1) is 27.5. The van der Waals surface area contributed by atoms with Gasteiger partial charge in [-0.25, -0.2) is 4.79 Å². The molecule has 0 bridgehead atoms. The summed E-state index contributed by atoms with van der Waals surface area (Å²) < 4.78 is 26.9. The third-order valence-corrected chi connectivity index (χ3v) is 10.00. The van der Waals surface area contributed by atoms with Gasteiger partial charge in [-0.05, 0) is 19.1 Å². The Kier molecular flexibility index (Phi) is 13.3. The number of nitrogens with two attached hydrogens (primary N) is 2. The lowest BCUT2D eigenvalue weighted by Gasteiger charge is -2.42. The van der Waals surface area contributed by atoms with Crippen LogP contribution < -0.4 is 20.9 Å². The molecule has 3 aromatic rings. The van der Waals surface area contributed by atoms with Gasteiger partial charge in [0, 0.05) is 66.7 Å². The van der Waals surface area contributed by atoms with E-state index in [2.05, 4.69) is 4.74 Å². The Morgan fingerprint density at radius 2 is 1.76 bits per heavy atom. The van der Waals surface area contributed by atoms with Crippen molar-refractivity contribution in [3.8, 4) is 23.0 Å². The van der Waals surface area contributed by atoms with Gasteiger partial charge in [-0.1, -0.05) is 12.1 Å². The molecule has 20 heteroatoms. The first kappa shape index (κ1) is 43.4. The minimum Gasteiger partial charge on any atom is -0.507 e. The maximum absolute atomic E-state index is 13.6. The van der Waals surface area contributed by atoms with Gasteiger partial charge in [0.2, 0.25) is 5.78 Å². The zero-order valence-electron chi connectivity index (χ0n) is 31.3. The monoisotopic (exact) mass is 813 g/mol. The fourth-order valence-corrected chi connectivity index (χ4v) is 7.06. The van der Waals surface area contributed by atoms with Crippen molar-refractivity contribution in [2.45, 2.75) is 75.5 Å². The zero-order valence-corrected chi connectivity index (χ0v) is 31.3. The summed E-state index contributed by atoms with van der Waals surface area (Å²) in [5, 5.41) is 73.0. The lowest BCUT2D eigenvalue weighted by molar-refractivity contribution is -0.385. The van der Waals surface area contributed by atoms with Gasteiger partial charge in [-0.2, -0.15) is 0 Å². The standard InChI is InChI=1S/C27H29NO11.C11H14N2O6/c1-10-22(31)13(28)6-17(38-10)39-15-8-27(36,16(30)9-29)7-12-19(15)26(35)21-20(24(12)33)23(32)11-4-3-5-14(37-2)18(11)25(21)34;12-11(15)19-7-8-2-3-9(13(16)17)6-10(8)18-5-1-4-14/h3-5,10,13,15,17,22,29,31,33,35-36H,6-9,28H2,1-2H3;2-3,6,14H,1,4-5,7H2,(H2,12,15)/t10-,13-,15-,17-,22+,27-;/m0./s1. The second-order valence-electron chi connectivity index (χ2n) is 13.7. The van der Waals surface area contributed by atoms with E-state index in [-0.39, 0.29) is 65.7 Å². The Hall–Kier alpha value is -5.74. The molecule has 0 saturated carbocycles. The Morgan fingerprint density at radius 1 is 1.05 bits per heavy atom. The van der Waals surface area contributed by atoms with Gasteiger partial charge in [0.05, 0.1) is 59.7 Å². The average molecular weight is 814 g/mol. The molecule has 1 aliphatic heterocycles. The summed E-state index contributed by atoms with van der Waals surface area (Å²) in [5.41, 5.74) is 7.54. The van der Waals surface area contributed by atoms with Crippen LogP contribution in [-0.4, -0.2) is 116 Å². The summed E-state index contributed by atoms with van der Waals surface area (Å²) in [6.45, 7) is 0.565. The number of fused-ring (bicyclic) bond motifs is 3. The average Bonchev–Trinajstić information content (AvgIpc) is 3.19. The van der Waals surface area contributed by atoms with Crippen molar-refractivity contribution in [2.24, 2.45) is 11.5 Å². The van der Waals surface area contributed by atoms with E-state index >= 15 is 0 Å². The number of phenols is 2. The molecule has 0 aromatic heterocycles. The molecule has 1 amide bonds. The molecular formula is C38H43N3O17. The van der Waals surface area contributed by atoms with Gasteiger partial charge in [0.1, 0.15) is 41.8 Å². The Balaban J connectivity index is 0.000000284. The highest BCUT2D eigenvalue weighted by atomic mass is 16.7. The van der Waals surface area contributed by atoms with E-state index in [0.717, 1.165) is 0 Å². The number of carbonyl (C=O) groups is 4. The Bertz CT molecular complexity index is 2100. The third kappa shape index (κ3) is 8.57. The van der Waals surface area contributed by atoms with Crippen LogP contribution in [0.1, 0.15) is 80.8 Å². The summed E-state index contributed by atoms with van der Waals surface area (Å²) in [4.78, 5) is 60.4. The first-order valence-corrected chi connectivity index (χ1v) is 17.9. The number of aliphatic hydroxyl groups excluding tert-OH is 3. The van der Waals surface area contributed by atoms with E-state index < -0.39 is 107 Å². The molecule has 3 aromatic carbocycles. The van der Waals surface area contributed by atoms with Crippen LogP contribution in [0, 0.1) is 10.1 Å².